The molecule has 0 fully saturated rings. The van der Waals surface area contributed by atoms with E-state index in [0.29, 0.717) is 0 Å². The van der Waals surface area contributed by atoms with Crippen molar-refractivity contribution in [3.8, 4) is 56.0 Å². The van der Waals surface area contributed by atoms with Crippen LogP contribution in [0, 0.1) is 0 Å². The van der Waals surface area contributed by atoms with Gasteiger partial charge in [0.2, 0.25) is 0 Å². The van der Waals surface area contributed by atoms with Crippen LogP contribution in [0.1, 0.15) is 150 Å². The average Bonchev–Trinajstić information content (AvgIpc) is 3.67. The van der Waals surface area contributed by atoms with Gasteiger partial charge in [0.25, 0.3) is 0 Å². The van der Waals surface area contributed by atoms with Crippen LogP contribution in [-0.2, 0) is 32.5 Å². The quantitative estimate of drug-likeness (QED) is 0.174. The Morgan fingerprint density at radius 2 is 0.662 bits per heavy atom. The molecule has 4 aliphatic rings. The molecule has 0 unspecified atom stereocenters. The van der Waals surface area contributed by atoms with E-state index in [1.54, 1.807) is 0 Å². The van der Waals surface area contributed by atoms with Gasteiger partial charge in [-0.3, -0.25) is 0 Å². The summed E-state index contributed by atoms with van der Waals surface area (Å²) in [5.41, 5.74) is 27.1. The van der Waals surface area contributed by atoms with Gasteiger partial charge in [0, 0.05) is 22.4 Å². The second-order valence-corrected chi connectivity index (χ2v) is 27.3. The highest BCUT2D eigenvalue weighted by atomic mass is 16.5. The van der Waals surface area contributed by atoms with E-state index >= 15 is 0 Å². The Morgan fingerprint density at radius 3 is 1.18 bits per heavy atom. The van der Waals surface area contributed by atoms with Gasteiger partial charge in [0.05, 0.1) is 22.2 Å². The molecular weight excluding hydrogens is 967 g/mol. The zero-order valence-corrected chi connectivity index (χ0v) is 48.6. The molecule has 1 heterocycles. The van der Waals surface area contributed by atoms with E-state index in [1.165, 1.54) is 89.0 Å². The first-order valence-corrected chi connectivity index (χ1v) is 28.9. The SMILES string of the molecule is CC(C)(C)c1ccc2c(c1)C1(c3ccccc3-c3ccc(N(c4ccccc4-c4ccccc4)c4cccc5c4Oc4ccccc4C54c5cc(C(C)(C)C)ccc5-c5ccc(C(C)(C)C)cc54)cc31)c1cc(C(C)(C)C)ccc1-2. The molecule has 2 heteroatoms. The predicted molar refractivity (Wildman–Crippen MR) is 335 cm³/mol. The van der Waals surface area contributed by atoms with E-state index < -0.39 is 10.8 Å². The second-order valence-electron chi connectivity index (χ2n) is 27.3. The molecular formula is C78H71NO. The molecule has 394 valence electrons. The highest BCUT2D eigenvalue weighted by Gasteiger charge is 2.55. The van der Waals surface area contributed by atoms with Crippen LogP contribution in [-0.4, -0.2) is 0 Å². The smallest absolute Gasteiger partial charge is 0.156 e. The lowest BCUT2D eigenvalue weighted by molar-refractivity contribution is 0.437. The second kappa shape index (κ2) is 17.2. The Kier molecular flexibility index (Phi) is 10.7. The van der Waals surface area contributed by atoms with Gasteiger partial charge in [0.15, 0.2) is 5.75 Å². The molecule has 0 saturated carbocycles. The Balaban J connectivity index is 1.10. The lowest BCUT2D eigenvalue weighted by atomic mass is 9.64. The van der Waals surface area contributed by atoms with Crippen LogP contribution in [0.5, 0.6) is 11.5 Å². The summed E-state index contributed by atoms with van der Waals surface area (Å²) >= 11 is 0. The first-order valence-electron chi connectivity index (χ1n) is 28.9. The number of ether oxygens (including phenoxy) is 1. The zero-order chi connectivity index (χ0) is 55.5. The van der Waals surface area contributed by atoms with Crippen molar-refractivity contribution in [3.63, 3.8) is 0 Å². The van der Waals surface area contributed by atoms with Gasteiger partial charge in [-0.25, -0.2) is 0 Å². The van der Waals surface area contributed by atoms with Crippen molar-refractivity contribution < 1.29 is 4.74 Å². The van der Waals surface area contributed by atoms with Gasteiger partial charge < -0.3 is 9.64 Å². The molecule has 0 N–H and O–H groups in total. The third kappa shape index (κ3) is 7.09. The lowest BCUT2D eigenvalue weighted by Crippen LogP contribution is -2.33. The largest absolute Gasteiger partial charge is 0.454 e. The van der Waals surface area contributed by atoms with Crippen LogP contribution < -0.4 is 9.64 Å². The minimum atomic E-state index is -0.700. The van der Waals surface area contributed by atoms with Gasteiger partial charge in [-0.15, -0.1) is 0 Å². The van der Waals surface area contributed by atoms with Gasteiger partial charge in [0.1, 0.15) is 5.75 Å². The molecule has 0 aromatic heterocycles. The summed E-state index contributed by atoms with van der Waals surface area (Å²) in [5.74, 6) is 1.73. The summed E-state index contributed by atoms with van der Waals surface area (Å²) in [6.07, 6.45) is 0. The van der Waals surface area contributed by atoms with Crippen LogP contribution in [0.25, 0.3) is 44.5 Å². The molecule has 0 bridgehead atoms. The summed E-state index contributed by atoms with van der Waals surface area (Å²) in [6.45, 7) is 28.1. The maximum Gasteiger partial charge on any atom is 0.156 e. The molecule has 10 aromatic carbocycles. The van der Waals surface area contributed by atoms with Crippen molar-refractivity contribution in [2.24, 2.45) is 0 Å². The predicted octanol–water partition coefficient (Wildman–Crippen LogP) is 20.8. The minimum Gasteiger partial charge on any atom is -0.454 e. The number of hydrogen-bond acceptors (Lipinski definition) is 2. The van der Waals surface area contributed by atoms with E-state index in [0.717, 1.165) is 50.8 Å². The average molecular weight is 1040 g/mol. The summed E-state index contributed by atoms with van der Waals surface area (Å²) in [5, 5.41) is 0. The van der Waals surface area contributed by atoms with E-state index in [4.69, 9.17) is 4.74 Å². The first kappa shape index (κ1) is 50.0. The fraction of sp³-hybridized carbons (Fsp3) is 0.231. The van der Waals surface area contributed by atoms with Crippen LogP contribution in [0.15, 0.2) is 212 Å². The third-order valence-corrected chi connectivity index (χ3v) is 18.4. The summed E-state index contributed by atoms with van der Waals surface area (Å²) in [7, 11) is 0. The topological polar surface area (TPSA) is 12.5 Å². The minimum absolute atomic E-state index is 0.0618. The summed E-state index contributed by atoms with van der Waals surface area (Å²) in [4.78, 5) is 2.53. The lowest BCUT2D eigenvalue weighted by Gasteiger charge is -2.42. The Hall–Kier alpha value is -8.20. The molecule has 1 aliphatic heterocycles. The number of para-hydroxylation sites is 3. The van der Waals surface area contributed by atoms with Gasteiger partial charge >= 0.3 is 0 Å². The normalized spacial score (nSPS) is 14.8. The highest BCUT2D eigenvalue weighted by Crippen LogP contribution is 2.67. The summed E-state index contributed by atoms with van der Waals surface area (Å²) in [6, 6.07) is 81.6. The van der Waals surface area contributed by atoms with Crippen molar-refractivity contribution in [3.05, 3.63) is 279 Å². The van der Waals surface area contributed by atoms with Gasteiger partial charge in [-0.2, -0.15) is 0 Å². The summed E-state index contributed by atoms with van der Waals surface area (Å²) < 4.78 is 7.67. The van der Waals surface area contributed by atoms with Crippen molar-refractivity contribution in [2.45, 2.75) is 116 Å². The number of anilines is 3. The Bertz CT molecular complexity index is 4070. The molecule has 14 rings (SSSR count). The fourth-order valence-electron chi connectivity index (χ4n) is 14.2. The van der Waals surface area contributed by atoms with E-state index in [2.05, 4.69) is 300 Å². The Labute approximate surface area is 474 Å². The molecule has 2 spiro atoms. The first-order chi connectivity index (χ1) is 38.2. The Morgan fingerprint density at radius 1 is 0.287 bits per heavy atom. The van der Waals surface area contributed by atoms with Crippen LogP contribution in [0.4, 0.5) is 17.1 Å². The molecule has 2 nitrogen and oxygen atoms in total. The van der Waals surface area contributed by atoms with E-state index in [-0.39, 0.29) is 21.7 Å². The molecule has 0 radical (unpaired) electrons. The van der Waals surface area contributed by atoms with Crippen molar-refractivity contribution >= 4 is 17.1 Å². The molecule has 0 amide bonds. The number of rotatable bonds is 4. The van der Waals surface area contributed by atoms with Crippen molar-refractivity contribution in [1.82, 2.24) is 0 Å². The van der Waals surface area contributed by atoms with Crippen molar-refractivity contribution in [1.29, 1.82) is 0 Å². The molecule has 80 heavy (non-hydrogen) atoms. The number of benzene rings is 10. The fourth-order valence-corrected chi connectivity index (χ4v) is 14.2. The molecule has 0 saturated heterocycles. The maximum absolute atomic E-state index is 7.67. The highest BCUT2D eigenvalue weighted by molar-refractivity contribution is 5.99. The van der Waals surface area contributed by atoms with Gasteiger partial charge in [-0.1, -0.05) is 265 Å². The monoisotopic (exact) mass is 1040 g/mol. The number of hydrogen-bond donors (Lipinski definition) is 0. The maximum atomic E-state index is 7.67. The molecule has 3 aliphatic carbocycles. The standard InChI is InChI=1S/C78H71NO/c1-73(2,3)49-33-38-56-57-39-34-50(74(4,5)6)44-65(57)77(64(56)43-49)61-27-18-16-26-55(61)60-42-37-53(47-68(60)77)79(69-30-20-17-25-54(69)48-23-14-13-15-24-48)70-31-22-29-63-72(70)80-71-32-21-19-28-62(71)78(63)66-45-51(75(7,8)9)35-40-58(66)59-41-36-52(46-67(59)78)76(10,11)12/h13-47H,1-12H3. The molecule has 10 aromatic rings. The van der Waals surface area contributed by atoms with Crippen molar-refractivity contribution in [2.75, 3.05) is 4.90 Å². The van der Waals surface area contributed by atoms with Gasteiger partial charge in [-0.05, 0) is 147 Å². The number of fused-ring (bicyclic) bond motifs is 19. The third-order valence-electron chi connectivity index (χ3n) is 18.4. The van der Waals surface area contributed by atoms with E-state index in [1.807, 2.05) is 0 Å². The van der Waals surface area contributed by atoms with Crippen LogP contribution in [0.3, 0.4) is 0 Å². The zero-order valence-electron chi connectivity index (χ0n) is 48.6. The molecule has 0 atom stereocenters. The van der Waals surface area contributed by atoms with Crippen LogP contribution in [0.2, 0.25) is 0 Å². The van der Waals surface area contributed by atoms with E-state index in [9.17, 15) is 0 Å². The van der Waals surface area contributed by atoms with Crippen LogP contribution >= 0.6 is 0 Å². The number of nitrogens with zero attached hydrogens (tertiary/aromatic N) is 1.